The first kappa shape index (κ1) is 15.0. The van der Waals surface area contributed by atoms with Crippen LogP contribution in [0.5, 0.6) is 0 Å². The van der Waals surface area contributed by atoms with E-state index in [4.69, 9.17) is 9.47 Å². The second kappa shape index (κ2) is 6.78. The smallest absolute Gasteiger partial charge is 0.171 e. The molecule has 0 aliphatic carbocycles. The SMILES string of the molecule is COC(OC)C(C)NC(C)c1c(F)cccc1F. The van der Waals surface area contributed by atoms with Crippen LogP contribution in [0.2, 0.25) is 0 Å². The Morgan fingerprint density at radius 2 is 1.56 bits per heavy atom. The van der Waals surface area contributed by atoms with Crippen LogP contribution in [0.3, 0.4) is 0 Å². The fraction of sp³-hybridized carbons (Fsp3) is 0.538. The molecule has 0 aliphatic rings. The number of hydrogen-bond acceptors (Lipinski definition) is 3. The van der Waals surface area contributed by atoms with Crippen molar-refractivity contribution in [2.75, 3.05) is 14.2 Å². The molecule has 1 aromatic rings. The molecule has 1 aromatic carbocycles. The highest BCUT2D eigenvalue weighted by molar-refractivity contribution is 5.22. The molecule has 18 heavy (non-hydrogen) atoms. The van der Waals surface area contributed by atoms with Crippen LogP contribution in [-0.4, -0.2) is 26.6 Å². The van der Waals surface area contributed by atoms with Crippen LogP contribution in [0.25, 0.3) is 0 Å². The molecule has 0 saturated carbocycles. The molecule has 0 fully saturated rings. The number of rotatable bonds is 6. The molecule has 0 spiro atoms. The molecular weight excluding hydrogens is 240 g/mol. The molecule has 0 heterocycles. The van der Waals surface area contributed by atoms with E-state index >= 15 is 0 Å². The van der Waals surface area contributed by atoms with Crippen molar-refractivity contribution in [1.82, 2.24) is 5.32 Å². The van der Waals surface area contributed by atoms with Gasteiger partial charge in [0.1, 0.15) is 11.6 Å². The van der Waals surface area contributed by atoms with E-state index in [2.05, 4.69) is 5.32 Å². The van der Waals surface area contributed by atoms with Gasteiger partial charge in [0, 0.05) is 25.8 Å². The second-order valence-corrected chi connectivity index (χ2v) is 4.15. The van der Waals surface area contributed by atoms with Gasteiger partial charge in [-0.25, -0.2) is 8.78 Å². The minimum Gasteiger partial charge on any atom is -0.354 e. The first-order chi connectivity index (χ1) is 8.51. The highest BCUT2D eigenvalue weighted by Crippen LogP contribution is 2.21. The molecule has 2 unspecified atom stereocenters. The Morgan fingerprint density at radius 1 is 1.06 bits per heavy atom. The number of benzene rings is 1. The fourth-order valence-corrected chi connectivity index (χ4v) is 1.99. The third kappa shape index (κ3) is 3.48. The van der Waals surface area contributed by atoms with Crippen LogP contribution in [0.1, 0.15) is 25.5 Å². The van der Waals surface area contributed by atoms with Gasteiger partial charge < -0.3 is 14.8 Å². The summed E-state index contributed by atoms with van der Waals surface area (Å²) in [5, 5.41) is 3.05. The first-order valence-electron chi connectivity index (χ1n) is 5.76. The van der Waals surface area contributed by atoms with E-state index in [9.17, 15) is 8.78 Å². The number of ether oxygens (including phenoxy) is 2. The Bertz CT molecular complexity index is 363. The van der Waals surface area contributed by atoms with Crippen molar-refractivity contribution in [3.8, 4) is 0 Å². The Morgan fingerprint density at radius 3 is 2.00 bits per heavy atom. The van der Waals surface area contributed by atoms with Crippen molar-refractivity contribution in [3.63, 3.8) is 0 Å². The molecule has 0 saturated heterocycles. The van der Waals surface area contributed by atoms with Gasteiger partial charge >= 0.3 is 0 Å². The van der Waals surface area contributed by atoms with Gasteiger partial charge in [-0.2, -0.15) is 0 Å². The maximum Gasteiger partial charge on any atom is 0.171 e. The van der Waals surface area contributed by atoms with E-state index in [-0.39, 0.29) is 11.6 Å². The van der Waals surface area contributed by atoms with E-state index in [0.29, 0.717) is 0 Å². The van der Waals surface area contributed by atoms with Gasteiger partial charge in [-0.3, -0.25) is 0 Å². The molecule has 0 aromatic heterocycles. The average molecular weight is 259 g/mol. The molecule has 0 aliphatic heterocycles. The predicted molar refractivity (Wildman–Crippen MR) is 65.2 cm³/mol. The Labute approximate surface area is 106 Å². The topological polar surface area (TPSA) is 30.5 Å². The number of hydrogen-bond donors (Lipinski definition) is 1. The van der Waals surface area contributed by atoms with Gasteiger partial charge in [-0.05, 0) is 26.0 Å². The number of methoxy groups -OCH3 is 2. The molecule has 2 atom stereocenters. The zero-order valence-corrected chi connectivity index (χ0v) is 11.0. The molecule has 5 heteroatoms. The van der Waals surface area contributed by atoms with Crippen molar-refractivity contribution >= 4 is 0 Å². The van der Waals surface area contributed by atoms with Gasteiger partial charge in [0.2, 0.25) is 0 Å². The summed E-state index contributed by atoms with van der Waals surface area (Å²) in [6, 6.07) is 3.15. The largest absolute Gasteiger partial charge is 0.354 e. The third-order valence-electron chi connectivity index (χ3n) is 2.82. The van der Waals surface area contributed by atoms with Crippen LogP contribution < -0.4 is 5.32 Å². The monoisotopic (exact) mass is 259 g/mol. The Balaban J connectivity index is 2.79. The Hall–Kier alpha value is -1.04. The summed E-state index contributed by atoms with van der Waals surface area (Å²) in [4.78, 5) is 0. The maximum atomic E-state index is 13.6. The zero-order chi connectivity index (χ0) is 13.7. The molecule has 0 amide bonds. The highest BCUT2D eigenvalue weighted by atomic mass is 19.1. The van der Waals surface area contributed by atoms with Crippen molar-refractivity contribution < 1.29 is 18.3 Å². The number of halogens is 2. The first-order valence-corrected chi connectivity index (χ1v) is 5.76. The summed E-state index contributed by atoms with van der Waals surface area (Å²) in [6.45, 7) is 3.52. The van der Waals surface area contributed by atoms with E-state index in [1.165, 1.54) is 32.4 Å². The molecular formula is C13H19F2NO2. The van der Waals surface area contributed by atoms with Gasteiger partial charge in [0.25, 0.3) is 0 Å². The third-order valence-corrected chi connectivity index (χ3v) is 2.82. The van der Waals surface area contributed by atoms with Crippen LogP contribution >= 0.6 is 0 Å². The van der Waals surface area contributed by atoms with Gasteiger partial charge in [-0.15, -0.1) is 0 Å². The van der Waals surface area contributed by atoms with Gasteiger partial charge in [0.05, 0.1) is 6.04 Å². The average Bonchev–Trinajstić information content (AvgIpc) is 2.30. The van der Waals surface area contributed by atoms with Gasteiger partial charge in [0.15, 0.2) is 6.29 Å². The standard InChI is InChI=1S/C13H19F2NO2/c1-8(16-9(2)13(17-3)18-4)12-10(14)6-5-7-11(12)15/h5-9,13,16H,1-4H3. The molecule has 1 rings (SSSR count). The normalized spacial score (nSPS) is 14.8. The van der Waals surface area contributed by atoms with Crippen molar-refractivity contribution in [1.29, 1.82) is 0 Å². The van der Waals surface area contributed by atoms with Crippen molar-refractivity contribution in [2.24, 2.45) is 0 Å². The molecule has 1 N–H and O–H groups in total. The summed E-state index contributed by atoms with van der Waals surface area (Å²) in [5.41, 5.74) is 0.0234. The minimum absolute atomic E-state index is 0.0234. The van der Waals surface area contributed by atoms with E-state index in [1.54, 1.807) is 6.92 Å². The van der Waals surface area contributed by atoms with Crippen LogP contribution in [0, 0.1) is 11.6 Å². The van der Waals surface area contributed by atoms with Crippen LogP contribution in [-0.2, 0) is 9.47 Å². The summed E-state index contributed by atoms with van der Waals surface area (Å²) < 4.78 is 37.3. The highest BCUT2D eigenvalue weighted by Gasteiger charge is 2.22. The summed E-state index contributed by atoms with van der Waals surface area (Å²) in [6.07, 6.45) is -0.470. The lowest BCUT2D eigenvalue weighted by Gasteiger charge is -2.26. The maximum absolute atomic E-state index is 13.6. The van der Waals surface area contributed by atoms with Crippen molar-refractivity contribution in [3.05, 3.63) is 35.4 Å². The summed E-state index contributed by atoms with van der Waals surface area (Å²) in [7, 11) is 3.03. The van der Waals surface area contributed by atoms with Crippen LogP contribution in [0.4, 0.5) is 8.78 Å². The molecule has 0 bridgehead atoms. The van der Waals surface area contributed by atoms with E-state index < -0.39 is 24.0 Å². The lowest BCUT2D eigenvalue weighted by molar-refractivity contribution is -0.120. The fourth-order valence-electron chi connectivity index (χ4n) is 1.99. The predicted octanol–water partition coefficient (Wildman–Crippen LogP) is 2.62. The molecule has 102 valence electrons. The lowest BCUT2D eigenvalue weighted by Crippen LogP contribution is -2.41. The van der Waals surface area contributed by atoms with Gasteiger partial charge in [-0.1, -0.05) is 6.07 Å². The van der Waals surface area contributed by atoms with Crippen LogP contribution in [0.15, 0.2) is 18.2 Å². The zero-order valence-electron chi connectivity index (χ0n) is 11.0. The minimum atomic E-state index is -0.561. The van der Waals surface area contributed by atoms with Crippen molar-refractivity contribution in [2.45, 2.75) is 32.2 Å². The molecule has 0 radical (unpaired) electrons. The molecule has 3 nitrogen and oxygen atoms in total. The van der Waals surface area contributed by atoms with E-state index in [1.807, 2.05) is 6.92 Å². The summed E-state index contributed by atoms with van der Waals surface area (Å²) in [5.74, 6) is -1.12. The quantitative estimate of drug-likeness (QED) is 0.797. The summed E-state index contributed by atoms with van der Waals surface area (Å²) >= 11 is 0. The Kier molecular flexibility index (Phi) is 5.65. The lowest BCUT2D eigenvalue weighted by atomic mass is 10.1. The second-order valence-electron chi connectivity index (χ2n) is 4.15. The van der Waals surface area contributed by atoms with E-state index in [0.717, 1.165) is 0 Å². The number of nitrogens with one attached hydrogen (secondary N) is 1.